The Morgan fingerprint density at radius 3 is 2.57 bits per heavy atom. The SMILES string of the molecule is N[N+]1([O-])CCNC1. The van der Waals surface area contributed by atoms with Gasteiger partial charge in [-0.3, -0.25) is 10.1 Å². The average molecular weight is 103 g/mol. The molecular weight excluding hydrogens is 94.1 g/mol. The van der Waals surface area contributed by atoms with Crippen molar-refractivity contribution in [1.29, 1.82) is 0 Å². The summed E-state index contributed by atoms with van der Waals surface area (Å²) in [6.45, 7) is 1.61. The van der Waals surface area contributed by atoms with Crippen molar-refractivity contribution in [1.82, 2.24) is 5.32 Å². The second-order valence-corrected chi connectivity index (χ2v) is 1.83. The molecule has 4 nitrogen and oxygen atoms in total. The Hall–Kier alpha value is -0.160. The highest BCUT2D eigenvalue weighted by Crippen LogP contribution is 1.94. The lowest BCUT2D eigenvalue weighted by Gasteiger charge is -2.29. The van der Waals surface area contributed by atoms with Crippen LogP contribution in [-0.4, -0.2) is 24.5 Å². The third-order valence-electron chi connectivity index (χ3n) is 1.05. The normalized spacial score (nSPS) is 42.0. The summed E-state index contributed by atoms with van der Waals surface area (Å²) in [6.07, 6.45) is 0. The number of hydrogen-bond acceptors (Lipinski definition) is 3. The molecule has 42 valence electrons. The third kappa shape index (κ3) is 1.10. The number of quaternary nitrogens is 1. The summed E-state index contributed by atoms with van der Waals surface area (Å²) in [5, 5.41) is 13.4. The van der Waals surface area contributed by atoms with Crippen molar-refractivity contribution in [3.8, 4) is 0 Å². The van der Waals surface area contributed by atoms with Gasteiger partial charge in [-0.05, 0) is 0 Å². The van der Waals surface area contributed by atoms with E-state index >= 15 is 0 Å². The maximum atomic E-state index is 10.6. The minimum Gasteiger partial charge on any atom is -0.611 e. The van der Waals surface area contributed by atoms with Gasteiger partial charge in [-0.15, -0.1) is 0 Å². The smallest absolute Gasteiger partial charge is 0.150 e. The fourth-order valence-corrected chi connectivity index (χ4v) is 0.616. The second kappa shape index (κ2) is 1.41. The van der Waals surface area contributed by atoms with Gasteiger partial charge in [0.25, 0.3) is 0 Å². The van der Waals surface area contributed by atoms with E-state index in [9.17, 15) is 5.21 Å². The van der Waals surface area contributed by atoms with Crippen LogP contribution in [-0.2, 0) is 0 Å². The molecule has 0 radical (unpaired) electrons. The molecule has 0 aromatic rings. The van der Waals surface area contributed by atoms with E-state index in [2.05, 4.69) is 5.32 Å². The van der Waals surface area contributed by atoms with E-state index in [1.807, 2.05) is 0 Å². The quantitative estimate of drug-likeness (QED) is 0.228. The maximum Gasteiger partial charge on any atom is 0.150 e. The van der Waals surface area contributed by atoms with Crippen molar-refractivity contribution in [2.75, 3.05) is 19.8 Å². The van der Waals surface area contributed by atoms with Gasteiger partial charge >= 0.3 is 0 Å². The summed E-state index contributed by atoms with van der Waals surface area (Å²) in [4.78, 5) is 0. The van der Waals surface area contributed by atoms with E-state index in [1.54, 1.807) is 0 Å². The van der Waals surface area contributed by atoms with Crippen molar-refractivity contribution in [2.45, 2.75) is 0 Å². The van der Waals surface area contributed by atoms with Crippen LogP contribution in [0.1, 0.15) is 0 Å². The highest BCUT2D eigenvalue weighted by Gasteiger charge is 2.16. The largest absolute Gasteiger partial charge is 0.611 e. The molecule has 1 unspecified atom stereocenters. The van der Waals surface area contributed by atoms with Gasteiger partial charge in [0.2, 0.25) is 0 Å². The molecule has 1 atom stereocenters. The molecule has 3 N–H and O–H groups in total. The van der Waals surface area contributed by atoms with Crippen molar-refractivity contribution >= 4 is 0 Å². The molecule has 0 aromatic carbocycles. The predicted molar refractivity (Wildman–Crippen MR) is 25.6 cm³/mol. The van der Waals surface area contributed by atoms with Crippen LogP contribution in [0.4, 0.5) is 0 Å². The Morgan fingerprint density at radius 2 is 2.43 bits per heavy atom. The zero-order valence-electron chi connectivity index (χ0n) is 4.05. The van der Waals surface area contributed by atoms with Gasteiger partial charge in [0.15, 0.2) is 0 Å². The van der Waals surface area contributed by atoms with Crippen molar-refractivity contribution < 1.29 is 4.76 Å². The Bertz CT molecular complexity index is 64.6. The summed E-state index contributed by atoms with van der Waals surface area (Å²) < 4.78 is -0.611. The van der Waals surface area contributed by atoms with Gasteiger partial charge < -0.3 is 5.21 Å². The lowest BCUT2D eigenvalue weighted by Crippen LogP contribution is -2.47. The zero-order chi connectivity index (χ0) is 5.33. The molecular formula is C3H9N3O. The van der Waals surface area contributed by atoms with Gasteiger partial charge in [0.1, 0.15) is 13.2 Å². The predicted octanol–water partition coefficient (Wildman–Crippen LogP) is -1.26. The summed E-state index contributed by atoms with van der Waals surface area (Å²) in [6, 6.07) is 0. The summed E-state index contributed by atoms with van der Waals surface area (Å²) in [5.41, 5.74) is 0. The van der Waals surface area contributed by atoms with Gasteiger partial charge in [-0.1, -0.05) is 0 Å². The molecule has 1 fully saturated rings. The van der Waals surface area contributed by atoms with Gasteiger partial charge in [-0.2, -0.15) is 5.84 Å². The van der Waals surface area contributed by atoms with E-state index in [0.717, 1.165) is 6.54 Å². The van der Waals surface area contributed by atoms with Crippen LogP contribution < -0.4 is 11.2 Å². The Balaban J connectivity index is 2.40. The Morgan fingerprint density at radius 1 is 1.71 bits per heavy atom. The van der Waals surface area contributed by atoms with E-state index in [1.165, 1.54) is 0 Å². The Kier molecular flexibility index (Phi) is 1.01. The minimum atomic E-state index is -0.611. The number of hydroxylamine groups is 2. The third-order valence-corrected chi connectivity index (χ3v) is 1.05. The number of hydrogen-bond donors (Lipinski definition) is 2. The summed E-state index contributed by atoms with van der Waals surface area (Å²) >= 11 is 0. The number of nitrogens with zero attached hydrogens (tertiary/aromatic N) is 1. The first-order valence-corrected chi connectivity index (χ1v) is 2.28. The molecule has 0 bridgehead atoms. The topological polar surface area (TPSA) is 61.1 Å². The standard InChI is InChI=1S/C3H9N3O/c4-6(7)2-1-5-3-6/h5H,1-4H2. The molecule has 0 amide bonds. The molecule has 1 heterocycles. The second-order valence-electron chi connectivity index (χ2n) is 1.83. The highest BCUT2D eigenvalue weighted by molar-refractivity contribution is 4.48. The average Bonchev–Trinajstić information content (AvgIpc) is 1.84. The van der Waals surface area contributed by atoms with E-state index < -0.39 is 4.76 Å². The molecule has 1 rings (SSSR count). The van der Waals surface area contributed by atoms with Crippen LogP contribution >= 0.6 is 0 Å². The van der Waals surface area contributed by atoms with E-state index in [4.69, 9.17) is 5.84 Å². The van der Waals surface area contributed by atoms with Crippen LogP contribution in [0.3, 0.4) is 0 Å². The monoisotopic (exact) mass is 103 g/mol. The highest BCUT2D eigenvalue weighted by atomic mass is 16.6. The van der Waals surface area contributed by atoms with Crippen LogP contribution in [0.25, 0.3) is 0 Å². The van der Waals surface area contributed by atoms with Crippen molar-refractivity contribution in [2.24, 2.45) is 5.84 Å². The molecule has 0 aliphatic carbocycles. The van der Waals surface area contributed by atoms with Crippen LogP contribution in [0, 0.1) is 5.21 Å². The van der Waals surface area contributed by atoms with Gasteiger partial charge in [-0.25, -0.2) is 0 Å². The lowest BCUT2D eigenvalue weighted by molar-refractivity contribution is -0.880. The lowest BCUT2D eigenvalue weighted by atomic mass is 10.7. The molecule has 0 saturated carbocycles. The van der Waals surface area contributed by atoms with Crippen LogP contribution in [0.5, 0.6) is 0 Å². The molecule has 7 heavy (non-hydrogen) atoms. The van der Waals surface area contributed by atoms with Crippen LogP contribution in [0.15, 0.2) is 0 Å². The van der Waals surface area contributed by atoms with Gasteiger partial charge in [0, 0.05) is 0 Å². The summed E-state index contributed by atoms with van der Waals surface area (Å²) in [7, 11) is 0. The number of nitrogens with two attached hydrogens (primary N) is 1. The van der Waals surface area contributed by atoms with Crippen LogP contribution in [0.2, 0.25) is 0 Å². The van der Waals surface area contributed by atoms with Crippen molar-refractivity contribution in [3.63, 3.8) is 0 Å². The maximum absolute atomic E-state index is 10.6. The molecule has 1 aliphatic rings. The van der Waals surface area contributed by atoms with Crippen molar-refractivity contribution in [3.05, 3.63) is 5.21 Å². The molecule has 0 aromatic heterocycles. The fraction of sp³-hybridized carbons (Fsp3) is 1.00. The van der Waals surface area contributed by atoms with E-state index in [-0.39, 0.29) is 0 Å². The zero-order valence-corrected chi connectivity index (χ0v) is 4.05. The first-order chi connectivity index (χ1) is 3.21. The number of nitrogens with one attached hydrogen (secondary N) is 1. The number of rotatable bonds is 0. The molecule has 1 aliphatic heterocycles. The summed E-state index contributed by atoms with van der Waals surface area (Å²) in [5.74, 6) is 5.10. The Labute approximate surface area is 42.0 Å². The first kappa shape index (κ1) is 4.99. The van der Waals surface area contributed by atoms with E-state index in [0.29, 0.717) is 13.2 Å². The fourth-order valence-electron chi connectivity index (χ4n) is 0.616. The minimum absolute atomic E-state index is 0.361. The molecule has 4 heteroatoms. The van der Waals surface area contributed by atoms with Gasteiger partial charge in [0.05, 0.1) is 6.54 Å². The molecule has 0 spiro atoms. The first-order valence-electron chi connectivity index (χ1n) is 2.28. The molecule has 1 saturated heterocycles.